The summed E-state index contributed by atoms with van der Waals surface area (Å²) in [7, 11) is 0. The van der Waals surface area contributed by atoms with E-state index in [-0.39, 0.29) is 6.71 Å². The highest BCUT2D eigenvalue weighted by molar-refractivity contribution is 7.00. The number of hydrogen-bond donors (Lipinski definition) is 0. The van der Waals surface area contributed by atoms with Crippen LogP contribution in [-0.4, -0.2) is 11.3 Å². The largest absolute Gasteiger partial charge is 0.310 e. The molecule has 4 heterocycles. The third-order valence-corrected chi connectivity index (χ3v) is 10.3. The van der Waals surface area contributed by atoms with E-state index in [2.05, 4.69) is 139 Å². The monoisotopic (exact) mass is 519 g/mol. The van der Waals surface area contributed by atoms with Crippen molar-refractivity contribution in [3.8, 4) is 5.69 Å². The maximum Gasteiger partial charge on any atom is 0.248 e. The molecule has 0 fully saturated rings. The molecule has 0 amide bonds. The highest BCUT2D eigenvalue weighted by Crippen LogP contribution is 2.49. The molecule has 190 valence electrons. The van der Waals surface area contributed by atoms with Gasteiger partial charge in [0.25, 0.3) is 0 Å². The average molecular weight is 519 g/mol. The Balaban J connectivity index is 1.49. The number of fused-ring (bicyclic) bond motifs is 4. The number of rotatable bonds is 2. The molecule has 0 atom stereocenters. The third kappa shape index (κ3) is 2.43. The predicted octanol–water partition coefficient (Wildman–Crippen LogP) is 6.52. The van der Waals surface area contributed by atoms with Crippen LogP contribution >= 0.6 is 0 Å². The van der Waals surface area contributed by atoms with Gasteiger partial charge >= 0.3 is 0 Å². The summed E-state index contributed by atoms with van der Waals surface area (Å²) in [5, 5.41) is 2.73. The summed E-state index contributed by atoms with van der Waals surface area (Å²) >= 11 is 0. The molecule has 6 aromatic carbocycles. The summed E-state index contributed by atoms with van der Waals surface area (Å²) in [6, 6.07) is 48.3. The van der Waals surface area contributed by atoms with E-state index in [1.807, 2.05) is 0 Å². The van der Waals surface area contributed by atoms with Gasteiger partial charge in [-0.3, -0.25) is 0 Å². The van der Waals surface area contributed by atoms with E-state index >= 15 is 0 Å². The first-order valence-electron chi connectivity index (χ1n) is 14.7. The van der Waals surface area contributed by atoms with Gasteiger partial charge in [0, 0.05) is 22.0 Å². The second kappa shape index (κ2) is 7.47. The average Bonchev–Trinajstić information content (AvgIpc) is 3.38. The van der Waals surface area contributed by atoms with Crippen LogP contribution in [0.3, 0.4) is 0 Å². The van der Waals surface area contributed by atoms with Gasteiger partial charge in [-0.15, -0.1) is 0 Å². The van der Waals surface area contributed by atoms with Crippen LogP contribution in [0.15, 0.2) is 127 Å². The lowest BCUT2D eigenvalue weighted by atomic mass is 9.27. The van der Waals surface area contributed by atoms with Crippen LogP contribution in [0.25, 0.3) is 27.5 Å². The number of para-hydroxylation sites is 1. The van der Waals surface area contributed by atoms with Gasteiger partial charge in [-0.25, -0.2) is 0 Å². The van der Waals surface area contributed by atoms with Crippen LogP contribution in [-0.2, 0) is 11.8 Å². The number of hydrogen-bond acceptors (Lipinski definition) is 0. The molecule has 0 radical (unpaired) electrons. The van der Waals surface area contributed by atoms with E-state index in [1.54, 1.807) is 0 Å². The Morgan fingerprint density at radius 3 is 1.93 bits per heavy atom. The molecule has 0 spiro atoms. The van der Waals surface area contributed by atoms with Crippen molar-refractivity contribution >= 4 is 44.9 Å². The van der Waals surface area contributed by atoms with Gasteiger partial charge in [-0.05, 0) is 69.3 Å². The van der Waals surface area contributed by atoms with E-state index in [0.29, 0.717) is 0 Å². The molecule has 0 bridgehead atoms. The second-order valence-electron chi connectivity index (χ2n) is 12.0. The van der Waals surface area contributed by atoms with E-state index in [9.17, 15) is 0 Å². The van der Waals surface area contributed by atoms with Gasteiger partial charge < -0.3 is 4.57 Å². The molecular weight excluding hydrogens is 493 g/mol. The molecule has 0 N–H and O–H groups in total. The highest BCUT2D eigenvalue weighted by atomic mass is 15.0. The smallest absolute Gasteiger partial charge is 0.248 e. The third-order valence-electron chi connectivity index (χ3n) is 10.3. The molecule has 1 nitrogen and oxygen atoms in total. The van der Waals surface area contributed by atoms with E-state index < -0.39 is 5.41 Å². The lowest BCUT2D eigenvalue weighted by Crippen LogP contribution is -2.67. The Hall–Kier alpha value is -4.82. The first-order chi connectivity index (χ1) is 20.3. The number of benzene rings is 6. The summed E-state index contributed by atoms with van der Waals surface area (Å²) in [4.78, 5) is 0. The molecule has 2 heteroatoms. The van der Waals surface area contributed by atoms with E-state index in [0.717, 1.165) is 6.42 Å². The van der Waals surface area contributed by atoms with Crippen molar-refractivity contribution in [2.45, 2.75) is 18.8 Å². The van der Waals surface area contributed by atoms with Crippen LogP contribution in [0.1, 0.15) is 38.9 Å². The lowest BCUT2D eigenvalue weighted by Gasteiger charge is -2.48. The molecule has 7 aromatic rings. The summed E-state index contributed by atoms with van der Waals surface area (Å²) in [6.07, 6.45) is 0.975. The first-order valence-corrected chi connectivity index (χ1v) is 14.7. The normalized spacial score (nSPS) is 15.0. The molecule has 0 saturated heterocycles. The Morgan fingerprint density at radius 1 is 0.537 bits per heavy atom. The van der Waals surface area contributed by atoms with Crippen molar-refractivity contribution in [1.29, 1.82) is 0 Å². The summed E-state index contributed by atoms with van der Waals surface area (Å²) in [5.74, 6) is 0. The molecule has 0 aliphatic carbocycles. The molecule has 3 aliphatic heterocycles. The SMILES string of the molecule is Cc1cccc2c3ccc4c5c3n(c12)-c1cccc2c1B5c1c(cccc1C2(c1ccccc1)c1ccccc1)C4. The zero-order valence-corrected chi connectivity index (χ0v) is 22.9. The van der Waals surface area contributed by atoms with Crippen LogP contribution in [0.2, 0.25) is 0 Å². The fourth-order valence-corrected chi connectivity index (χ4v) is 8.87. The second-order valence-corrected chi connectivity index (χ2v) is 12.0. The molecule has 0 unspecified atom stereocenters. The molecular formula is C39H26BN. The topological polar surface area (TPSA) is 4.93 Å². The minimum absolute atomic E-state index is 0.234. The fourth-order valence-electron chi connectivity index (χ4n) is 8.87. The Labute approximate surface area is 239 Å². The molecule has 0 saturated carbocycles. The van der Waals surface area contributed by atoms with Gasteiger partial charge in [0.15, 0.2) is 0 Å². The molecule has 41 heavy (non-hydrogen) atoms. The van der Waals surface area contributed by atoms with Crippen LogP contribution in [0, 0.1) is 6.92 Å². The predicted molar refractivity (Wildman–Crippen MR) is 171 cm³/mol. The van der Waals surface area contributed by atoms with E-state index in [1.165, 1.54) is 82.8 Å². The standard InChI is InChI=1S/C39H26BN/c1-24-11-8-17-29-30-22-21-26-23-25-12-9-18-31-34(25)40-35(26)38(30)41(37(24)29)33-20-10-19-32(36(33)40)39(31,27-13-4-2-5-14-27)28-15-6-3-7-16-28/h2-22H,23H2,1H3. The zero-order chi connectivity index (χ0) is 26.9. The van der Waals surface area contributed by atoms with Crippen molar-refractivity contribution in [3.63, 3.8) is 0 Å². The number of aromatic nitrogens is 1. The Morgan fingerprint density at radius 2 is 1.17 bits per heavy atom. The van der Waals surface area contributed by atoms with E-state index in [4.69, 9.17) is 0 Å². The zero-order valence-electron chi connectivity index (χ0n) is 22.9. The quantitative estimate of drug-likeness (QED) is 0.229. The van der Waals surface area contributed by atoms with Crippen molar-refractivity contribution in [2.75, 3.05) is 0 Å². The van der Waals surface area contributed by atoms with Gasteiger partial charge in [0.05, 0.1) is 10.9 Å². The maximum absolute atomic E-state index is 2.62. The summed E-state index contributed by atoms with van der Waals surface area (Å²) in [6.45, 7) is 2.50. The molecule has 1 aromatic heterocycles. The highest BCUT2D eigenvalue weighted by Gasteiger charge is 2.52. The van der Waals surface area contributed by atoms with Gasteiger partial charge in [-0.2, -0.15) is 0 Å². The van der Waals surface area contributed by atoms with Crippen LogP contribution in [0.4, 0.5) is 0 Å². The molecule has 10 rings (SSSR count). The van der Waals surface area contributed by atoms with Crippen molar-refractivity contribution in [3.05, 3.63) is 166 Å². The summed E-state index contributed by atoms with van der Waals surface area (Å²) < 4.78 is 2.62. The maximum atomic E-state index is 2.62. The van der Waals surface area contributed by atoms with Crippen molar-refractivity contribution < 1.29 is 0 Å². The fraction of sp³-hybridized carbons (Fsp3) is 0.0769. The van der Waals surface area contributed by atoms with Gasteiger partial charge in [-0.1, -0.05) is 127 Å². The lowest BCUT2D eigenvalue weighted by molar-refractivity contribution is 0.748. The van der Waals surface area contributed by atoms with Crippen LogP contribution < -0.4 is 16.4 Å². The first kappa shape index (κ1) is 21.9. The minimum atomic E-state index is -0.406. The van der Waals surface area contributed by atoms with Gasteiger partial charge in [0.1, 0.15) is 0 Å². The summed E-state index contributed by atoms with van der Waals surface area (Å²) in [5.41, 5.74) is 18.0. The number of aryl methyl sites for hydroxylation is 1. The molecule has 3 aliphatic rings. The Kier molecular flexibility index (Phi) is 4.00. The van der Waals surface area contributed by atoms with Gasteiger partial charge in [0.2, 0.25) is 6.71 Å². The van der Waals surface area contributed by atoms with Crippen molar-refractivity contribution in [2.24, 2.45) is 0 Å². The minimum Gasteiger partial charge on any atom is -0.310 e. The Bertz CT molecular complexity index is 2200. The van der Waals surface area contributed by atoms with Crippen molar-refractivity contribution in [1.82, 2.24) is 4.57 Å². The van der Waals surface area contributed by atoms with Crippen LogP contribution in [0.5, 0.6) is 0 Å². The number of nitrogens with zero attached hydrogens (tertiary/aromatic N) is 1.